The second kappa shape index (κ2) is 11.1. The first-order chi connectivity index (χ1) is 13.9. The molecule has 13 heteroatoms. The van der Waals surface area contributed by atoms with Gasteiger partial charge in [-0.05, 0) is 26.2 Å². The fraction of sp³-hybridized carbons (Fsp3) is 0.647. The predicted molar refractivity (Wildman–Crippen MR) is 102 cm³/mol. The highest BCUT2D eigenvalue weighted by Crippen LogP contribution is 2.19. The van der Waals surface area contributed by atoms with E-state index in [4.69, 9.17) is 22.3 Å². The summed E-state index contributed by atoms with van der Waals surface area (Å²) < 4.78 is 0. The van der Waals surface area contributed by atoms with Crippen LogP contribution in [-0.4, -0.2) is 76.2 Å². The molecular weight excluding hydrogens is 400 g/mol. The third-order valence-corrected chi connectivity index (χ3v) is 4.62. The monoisotopic (exact) mass is 428 g/mol. The molecule has 0 saturated carbocycles. The van der Waals surface area contributed by atoms with Gasteiger partial charge in [0.2, 0.25) is 29.5 Å². The summed E-state index contributed by atoms with van der Waals surface area (Å²) in [6.45, 7) is 1.47. The molecule has 0 spiro atoms. The molecule has 1 rings (SSSR count). The van der Waals surface area contributed by atoms with E-state index in [2.05, 4.69) is 10.6 Å². The largest absolute Gasteiger partial charge is 0.480 e. The van der Waals surface area contributed by atoms with E-state index in [1.54, 1.807) is 0 Å². The molecule has 0 bridgehead atoms. The third kappa shape index (κ3) is 7.31. The molecule has 1 aliphatic rings. The normalized spacial score (nSPS) is 18.7. The molecule has 4 unspecified atom stereocenters. The summed E-state index contributed by atoms with van der Waals surface area (Å²) in [4.78, 5) is 71.8. The summed E-state index contributed by atoms with van der Waals surface area (Å²) in [6.07, 6.45) is 0.202. The Balaban J connectivity index is 2.84. The van der Waals surface area contributed by atoms with Gasteiger partial charge >= 0.3 is 5.97 Å². The summed E-state index contributed by atoms with van der Waals surface area (Å²) in [7, 11) is 0. The maximum absolute atomic E-state index is 12.7. The van der Waals surface area contributed by atoms with E-state index in [-0.39, 0.29) is 19.4 Å². The summed E-state index contributed by atoms with van der Waals surface area (Å²) in [6, 6.07) is -4.61. The summed E-state index contributed by atoms with van der Waals surface area (Å²) >= 11 is 0. The summed E-state index contributed by atoms with van der Waals surface area (Å²) in [5.41, 5.74) is 16.0. The van der Waals surface area contributed by atoms with Crippen molar-refractivity contribution < 1.29 is 33.9 Å². The number of carboxylic acids is 1. The Labute approximate surface area is 172 Å². The number of carbonyl (C=O) groups excluding carboxylic acids is 5. The lowest BCUT2D eigenvalue weighted by atomic mass is 10.1. The Morgan fingerprint density at radius 2 is 1.73 bits per heavy atom. The van der Waals surface area contributed by atoms with Gasteiger partial charge in [-0.1, -0.05) is 0 Å². The summed E-state index contributed by atoms with van der Waals surface area (Å²) in [5.74, 6) is -4.93. The fourth-order valence-electron chi connectivity index (χ4n) is 2.99. The molecular formula is C17H28N6O7. The van der Waals surface area contributed by atoms with Gasteiger partial charge in [-0.2, -0.15) is 0 Å². The lowest BCUT2D eigenvalue weighted by molar-refractivity contribution is -0.143. The van der Waals surface area contributed by atoms with Crippen molar-refractivity contribution >= 4 is 35.5 Å². The molecule has 13 nitrogen and oxygen atoms in total. The van der Waals surface area contributed by atoms with Gasteiger partial charge in [0.25, 0.3) is 0 Å². The third-order valence-electron chi connectivity index (χ3n) is 4.62. The SMILES string of the molecule is CC(NC(=O)C(CC(N)=O)NC(=O)C1CCCN1C(=O)C(N)CCC(N)=O)C(=O)O. The number of hydrogen-bond acceptors (Lipinski definition) is 7. The molecule has 1 fully saturated rings. The van der Waals surface area contributed by atoms with Crippen molar-refractivity contribution in [3.8, 4) is 0 Å². The van der Waals surface area contributed by atoms with Crippen LogP contribution in [0.2, 0.25) is 0 Å². The maximum Gasteiger partial charge on any atom is 0.325 e. The number of primary amides is 2. The number of aliphatic carboxylic acids is 1. The molecule has 0 aromatic carbocycles. The zero-order valence-corrected chi connectivity index (χ0v) is 16.6. The van der Waals surface area contributed by atoms with E-state index in [1.807, 2.05) is 0 Å². The Morgan fingerprint density at radius 3 is 2.27 bits per heavy atom. The molecule has 1 saturated heterocycles. The molecule has 0 aromatic rings. The van der Waals surface area contributed by atoms with Crippen LogP contribution < -0.4 is 27.8 Å². The van der Waals surface area contributed by atoms with Gasteiger partial charge in [-0.3, -0.25) is 28.8 Å². The van der Waals surface area contributed by atoms with Crippen molar-refractivity contribution in [3.63, 3.8) is 0 Å². The number of likely N-dealkylation sites (tertiary alicyclic amines) is 1. The van der Waals surface area contributed by atoms with E-state index in [9.17, 15) is 28.8 Å². The van der Waals surface area contributed by atoms with Crippen LogP contribution in [0.3, 0.4) is 0 Å². The molecule has 5 amide bonds. The average molecular weight is 428 g/mol. The van der Waals surface area contributed by atoms with Crippen LogP contribution in [0.25, 0.3) is 0 Å². The van der Waals surface area contributed by atoms with Crippen LogP contribution in [0, 0.1) is 0 Å². The molecule has 1 aliphatic heterocycles. The smallest absolute Gasteiger partial charge is 0.325 e. The number of carbonyl (C=O) groups is 6. The number of hydrogen-bond donors (Lipinski definition) is 6. The number of nitrogens with two attached hydrogens (primary N) is 3. The number of nitrogens with zero attached hydrogens (tertiary/aromatic N) is 1. The van der Waals surface area contributed by atoms with Gasteiger partial charge in [0.15, 0.2) is 0 Å². The summed E-state index contributed by atoms with van der Waals surface area (Å²) in [5, 5.41) is 13.4. The highest BCUT2D eigenvalue weighted by molar-refractivity contribution is 5.96. The molecule has 168 valence electrons. The van der Waals surface area contributed by atoms with E-state index in [1.165, 1.54) is 11.8 Å². The molecule has 0 radical (unpaired) electrons. The maximum atomic E-state index is 12.7. The van der Waals surface area contributed by atoms with Crippen molar-refractivity contribution in [3.05, 3.63) is 0 Å². The highest BCUT2D eigenvalue weighted by Gasteiger charge is 2.38. The van der Waals surface area contributed by atoms with Gasteiger partial charge < -0.3 is 37.8 Å². The predicted octanol–water partition coefficient (Wildman–Crippen LogP) is -3.48. The zero-order chi connectivity index (χ0) is 23.0. The van der Waals surface area contributed by atoms with E-state index in [0.29, 0.717) is 12.8 Å². The zero-order valence-electron chi connectivity index (χ0n) is 16.6. The molecule has 1 heterocycles. The van der Waals surface area contributed by atoms with Crippen LogP contribution in [0.1, 0.15) is 39.0 Å². The van der Waals surface area contributed by atoms with Crippen LogP contribution in [0.4, 0.5) is 0 Å². The van der Waals surface area contributed by atoms with Crippen molar-refractivity contribution in [2.75, 3.05) is 6.54 Å². The molecule has 0 aliphatic carbocycles. The Morgan fingerprint density at radius 1 is 1.10 bits per heavy atom. The number of amides is 5. The van der Waals surface area contributed by atoms with Crippen molar-refractivity contribution in [2.45, 2.75) is 63.2 Å². The van der Waals surface area contributed by atoms with Crippen molar-refractivity contribution in [1.82, 2.24) is 15.5 Å². The minimum absolute atomic E-state index is 0.0266. The quantitative estimate of drug-likeness (QED) is 0.193. The van der Waals surface area contributed by atoms with E-state index >= 15 is 0 Å². The highest BCUT2D eigenvalue weighted by atomic mass is 16.4. The van der Waals surface area contributed by atoms with Gasteiger partial charge in [0.05, 0.1) is 12.5 Å². The number of nitrogens with one attached hydrogen (secondary N) is 2. The van der Waals surface area contributed by atoms with E-state index < -0.39 is 66.1 Å². The van der Waals surface area contributed by atoms with E-state index in [0.717, 1.165) is 0 Å². The van der Waals surface area contributed by atoms with Gasteiger partial charge in [-0.25, -0.2) is 0 Å². The lowest BCUT2D eigenvalue weighted by Crippen LogP contribution is -2.57. The van der Waals surface area contributed by atoms with Crippen LogP contribution in [0.15, 0.2) is 0 Å². The Bertz CT molecular complexity index is 713. The van der Waals surface area contributed by atoms with Gasteiger partial charge in [0.1, 0.15) is 18.1 Å². The van der Waals surface area contributed by atoms with Gasteiger partial charge in [-0.15, -0.1) is 0 Å². The first kappa shape index (κ1) is 24.8. The standard InChI is InChI=1S/C17H28N6O7/c1-8(17(29)30)21-14(26)10(7-13(20)25)22-15(27)11-3-2-6-23(11)16(28)9(18)4-5-12(19)24/h8-11H,2-7,18H2,1H3,(H2,19,24)(H2,20,25)(H,21,26)(H,22,27)(H,29,30). The second-order valence-corrected chi connectivity index (χ2v) is 7.10. The second-order valence-electron chi connectivity index (χ2n) is 7.10. The number of rotatable bonds is 11. The number of carboxylic acid groups (broad SMARTS) is 1. The average Bonchev–Trinajstić information content (AvgIpc) is 3.14. The lowest BCUT2D eigenvalue weighted by Gasteiger charge is -2.28. The topological polar surface area (TPSA) is 228 Å². The fourth-order valence-corrected chi connectivity index (χ4v) is 2.99. The first-order valence-electron chi connectivity index (χ1n) is 9.40. The Hall–Kier alpha value is -3.22. The van der Waals surface area contributed by atoms with Crippen molar-refractivity contribution in [1.29, 1.82) is 0 Å². The Kier molecular flexibility index (Phi) is 9.17. The molecule has 9 N–H and O–H groups in total. The first-order valence-corrected chi connectivity index (χ1v) is 9.40. The molecule has 0 aromatic heterocycles. The van der Waals surface area contributed by atoms with Crippen LogP contribution >= 0.6 is 0 Å². The van der Waals surface area contributed by atoms with Crippen LogP contribution in [-0.2, 0) is 28.8 Å². The minimum Gasteiger partial charge on any atom is -0.480 e. The van der Waals surface area contributed by atoms with Crippen LogP contribution in [0.5, 0.6) is 0 Å². The molecule has 30 heavy (non-hydrogen) atoms. The van der Waals surface area contributed by atoms with Crippen molar-refractivity contribution in [2.24, 2.45) is 17.2 Å². The molecule has 4 atom stereocenters. The van der Waals surface area contributed by atoms with Gasteiger partial charge in [0, 0.05) is 13.0 Å². The minimum atomic E-state index is -1.40.